The fourth-order valence-corrected chi connectivity index (χ4v) is 2.50. The molecule has 3 rings (SSSR count). The molecule has 2 heterocycles. The van der Waals surface area contributed by atoms with Gasteiger partial charge in [0.2, 0.25) is 0 Å². The fourth-order valence-electron chi connectivity index (χ4n) is 1.92. The molecule has 1 saturated carbocycles. The van der Waals surface area contributed by atoms with Crippen molar-refractivity contribution >= 4 is 22.6 Å². The zero-order valence-electron chi connectivity index (χ0n) is 8.04. The van der Waals surface area contributed by atoms with Crippen LogP contribution >= 0.6 is 22.6 Å². The maximum absolute atomic E-state index is 4.57. The third-order valence-electron chi connectivity index (χ3n) is 3.11. The molecule has 0 amide bonds. The molecule has 0 spiro atoms. The van der Waals surface area contributed by atoms with Crippen LogP contribution in [0.3, 0.4) is 0 Å². The Morgan fingerprint density at radius 1 is 1.50 bits per heavy atom. The van der Waals surface area contributed by atoms with Gasteiger partial charge >= 0.3 is 0 Å². The van der Waals surface area contributed by atoms with Crippen LogP contribution in [0.2, 0.25) is 0 Å². The third kappa shape index (κ3) is 1.69. The van der Waals surface area contributed by atoms with Crippen molar-refractivity contribution in [1.29, 1.82) is 0 Å². The topological polar surface area (TPSA) is 29.9 Å². The standard InChI is InChI=1S/C10H14IN3/c11-10-3-9(8-4-12-5-8)14(13-10)6-7-1-2-7/h3,7-8,12H,1-2,4-6H2. The highest BCUT2D eigenvalue weighted by Gasteiger charge is 2.27. The summed E-state index contributed by atoms with van der Waals surface area (Å²) in [6, 6.07) is 2.24. The Kier molecular flexibility index (Phi) is 2.28. The normalized spacial score (nSPS) is 22.4. The second-order valence-corrected chi connectivity index (χ2v) is 5.48. The molecule has 76 valence electrons. The monoisotopic (exact) mass is 303 g/mol. The predicted octanol–water partition coefficient (Wildman–Crippen LogP) is 1.58. The lowest BCUT2D eigenvalue weighted by molar-refractivity contribution is 0.407. The SMILES string of the molecule is Ic1cc(C2CNC2)n(CC2CC2)n1. The van der Waals surface area contributed by atoms with Gasteiger partial charge in [-0.05, 0) is 47.4 Å². The quantitative estimate of drug-likeness (QED) is 0.859. The maximum atomic E-state index is 4.57. The van der Waals surface area contributed by atoms with Gasteiger partial charge in [-0.1, -0.05) is 0 Å². The van der Waals surface area contributed by atoms with E-state index >= 15 is 0 Å². The Balaban J connectivity index is 1.83. The first-order chi connectivity index (χ1) is 6.83. The van der Waals surface area contributed by atoms with Crippen LogP contribution in [0.1, 0.15) is 24.5 Å². The first kappa shape index (κ1) is 9.15. The van der Waals surface area contributed by atoms with Gasteiger partial charge in [0.05, 0.1) is 0 Å². The number of aromatic nitrogens is 2. The molecule has 0 unspecified atom stereocenters. The van der Waals surface area contributed by atoms with E-state index < -0.39 is 0 Å². The Morgan fingerprint density at radius 2 is 2.29 bits per heavy atom. The molecule has 0 atom stereocenters. The minimum absolute atomic E-state index is 0.713. The van der Waals surface area contributed by atoms with Crippen molar-refractivity contribution in [3.8, 4) is 0 Å². The van der Waals surface area contributed by atoms with E-state index in [1.807, 2.05) is 0 Å². The molecule has 0 radical (unpaired) electrons. The molecule has 2 aliphatic rings. The van der Waals surface area contributed by atoms with E-state index in [0.29, 0.717) is 5.92 Å². The smallest absolute Gasteiger partial charge is 0.123 e. The Labute approximate surface area is 97.4 Å². The second kappa shape index (κ2) is 3.48. The van der Waals surface area contributed by atoms with E-state index in [2.05, 4.69) is 43.8 Å². The Morgan fingerprint density at radius 3 is 2.86 bits per heavy atom. The highest BCUT2D eigenvalue weighted by Crippen LogP contribution is 2.32. The van der Waals surface area contributed by atoms with Gasteiger partial charge < -0.3 is 5.32 Å². The van der Waals surface area contributed by atoms with Crippen molar-refractivity contribution in [3.05, 3.63) is 15.5 Å². The van der Waals surface area contributed by atoms with E-state index in [9.17, 15) is 0 Å². The molecular weight excluding hydrogens is 289 g/mol. The van der Waals surface area contributed by atoms with E-state index in [-0.39, 0.29) is 0 Å². The molecule has 0 bridgehead atoms. The van der Waals surface area contributed by atoms with Crippen molar-refractivity contribution in [3.63, 3.8) is 0 Å². The van der Waals surface area contributed by atoms with Gasteiger partial charge in [0.15, 0.2) is 0 Å². The molecule has 0 aromatic carbocycles. The molecule has 1 aromatic heterocycles. The first-order valence-corrected chi connectivity index (χ1v) is 6.35. The molecule has 1 aromatic rings. The number of nitrogens with zero attached hydrogens (tertiary/aromatic N) is 2. The molecular formula is C10H14IN3. The van der Waals surface area contributed by atoms with Crippen molar-refractivity contribution in [2.45, 2.75) is 25.3 Å². The average molecular weight is 303 g/mol. The Bertz CT molecular complexity index is 339. The van der Waals surface area contributed by atoms with Crippen LogP contribution in [-0.4, -0.2) is 22.9 Å². The van der Waals surface area contributed by atoms with Gasteiger partial charge in [-0.25, -0.2) is 0 Å². The summed E-state index contributed by atoms with van der Waals surface area (Å²) < 4.78 is 3.38. The number of hydrogen-bond acceptors (Lipinski definition) is 2. The van der Waals surface area contributed by atoms with Crippen LogP contribution in [0.4, 0.5) is 0 Å². The summed E-state index contributed by atoms with van der Waals surface area (Å²) in [4.78, 5) is 0. The summed E-state index contributed by atoms with van der Waals surface area (Å²) in [7, 11) is 0. The maximum Gasteiger partial charge on any atom is 0.123 e. The van der Waals surface area contributed by atoms with E-state index in [1.54, 1.807) is 0 Å². The van der Waals surface area contributed by atoms with Gasteiger partial charge in [0, 0.05) is 31.2 Å². The van der Waals surface area contributed by atoms with Crippen LogP contribution in [0.25, 0.3) is 0 Å². The molecule has 14 heavy (non-hydrogen) atoms. The number of hydrogen-bond donors (Lipinski definition) is 1. The molecule has 1 aliphatic carbocycles. The van der Waals surface area contributed by atoms with Crippen molar-refractivity contribution in [2.75, 3.05) is 13.1 Å². The first-order valence-electron chi connectivity index (χ1n) is 5.27. The summed E-state index contributed by atoms with van der Waals surface area (Å²) >= 11 is 2.31. The van der Waals surface area contributed by atoms with Gasteiger partial charge in [0.1, 0.15) is 3.70 Å². The second-order valence-electron chi connectivity index (χ2n) is 4.37. The fraction of sp³-hybridized carbons (Fsp3) is 0.700. The molecule has 1 aliphatic heterocycles. The van der Waals surface area contributed by atoms with Gasteiger partial charge in [-0.2, -0.15) is 5.10 Å². The van der Waals surface area contributed by atoms with Crippen molar-refractivity contribution in [1.82, 2.24) is 15.1 Å². The van der Waals surface area contributed by atoms with Crippen molar-refractivity contribution in [2.24, 2.45) is 5.92 Å². The van der Waals surface area contributed by atoms with E-state index in [1.165, 1.54) is 18.5 Å². The van der Waals surface area contributed by atoms with Crippen LogP contribution in [0.5, 0.6) is 0 Å². The summed E-state index contributed by atoms with van der Waals surface area (Å²) in [5.41, 5.74) is 1.44. The number of nitrogens with one attached hydrogen (secondary N) is 1. The van der Waals surface area contributed by atoms with Crippen LogP contribution in [0, 0.1) is 9.62 Å². The zero-order valence-corrected chi connectivity index (χ0v) is 10.2. The summed E-state index contributed by atoms with van der Waals surface area (Å²) in [6.07, 6.45) is 2.80. The lowest BCUT2D eigenvalue weighted by atomic mass is 9.99. The zero-order chi connectivity index (χ0) is 9.54. The molecule has 4 heteroatoms. The highest BCUT2D eigenvalue weighted by molar-refractivity contribution is 14.1. The predicted molar refractivity (Wildman–Crippen MR) is 63.3 cm³/mol. The van der Waals surface area contributed by atoms with Gasteiger partial charge in [-0.15, -0.1) is 0 Å². The summed E-state index contributed by atoms with van der Waals surface area (Å²) in [6.45, 7) is 3.41. The molecule has 3 nitrogen and oxygen atoms in total. The van der Waals surface area contributed by atoms with E-state index in [4.69, 9.17) is 0 Å². The largest absolute Gasteiger partial charge is 0.315 e. The molecule has 1 N–H and O–H groups in total. The summed E-state index contributed by atoms with van der Waals surface area (Å²) in [5.74, 6) is 1.63. The summed E-state index contributed by atoms with van der Waals surface area (Å²) in [5, 5.41) is 7.89. The van der Waals surface area contributed by atoms with Crippen LogP contribution in [-0.2, 0) is 6.54 Å². The Hall–Kier alpha value is -0.100. The lowest BCUT2D eigenvalue weighted by Crippen LogP contribution is -2.41. The molecule has 2 fully saturated rings. The minimum atomic E-state index is 0.713. The van der Waals surface area contributed by atoms with Gasteiger partial charge in [0.25, 0.3) is 0 Å². The van der Waals surface area contributed by atoms with Crippen LogP contribution in [0.15, 0.2) is 6.07 Å². The average Bonchev–Trinajstić information content (AvgIpc) is 2.76. The molecule has 1 saturated heterocycles. The van der Waals surface area contributed by atoms with Crippen molar-refractivity contribution < 1.29 is 0 Å². The highest BCUT2D eigenvalue weighted by atomic mass is 127. The minimum Gasteiger partial charge on any atom is -0.315 e. The number of halogens is 1. The third-order valence-corrected chi connectivity index (χ3v) is 3.64. The number of rotatable bonds is 3. The van der Waals surface area contributed by atoms with Crippen LogP contribution < -0.4 is 5.32 Å². The lowest BCUT2D eigenvalue weighted by Gasteiger charge is -2.27. The van der Waals surface area contributed by atoms with E-state index in [0.717, 1.165) is 29.3 Å². The van der Waals surface area contributed by atoms with Gasteiger partial charge in [-0.3, -0.25) is 4.68 Å².